The van der Waals surface area contributed by atoms with E-state index in [1.54, 1.807) is 30.3 Å². The van der Waals surface area contributed by atoms with E-state index >= 15 is 0 Å². The minimum Gasteiger partial charge on any atom is -0.357 e. The highest BCUT2D eigenvalue weighted by Gasteiger charge is 2.30. The van der Waals surface area contributed by atoms with Gasteiger partial charge in [0.15, 0.2) is 0 Å². The molecule has 2 amide bonds. The number of hydrogen-bond donors (Lipinski definition) is 1. The number of nitrogens with one attached hydrogen (secondary N) is 1. The molecule has 0 aromatic heterocycles. The Labute approximate surface area is 240 Å². The molecule has 0 aliphatic rings. The zero-order valence-corrected chi connectivity index (χ0v) is 24.6. The van der Waals surface area contributed by atoms with Gasteiger partial charge >= 0.3 is 0 Å². The van der Waals surface area contributed by atoms with E-state index in [1.807, 2.05) is 49.4 Å². The Balaban J connectivity index is 1.87. The standard InChI is InChI=1S/C29H33Cl2N3O4S/c1-21-10-7-8-13-26(21)34(39(3,37)38)17-9-14-28(35)33(20-23-15-16-24(30)25(31)18-23)27(29(36)32-2)19-22-11-5-4-6-12-22/h4-8,10-13,15-16,18,27H,9,14,17,19-20H2,1-3H3,(H,32,36)/t27-/m0/s1. The van der Waals surface area contributed by atoms with Crippen molar-refractivity contribution in [1.82, 2.24) is 10.2 Å². The van der Waals surface area contributed by atoms with E-state index in [0.717, 1.165) is 22.9 Å². The van der Waals surface area contributed by atoms with Gasteiger partial charge in [0, 0.05) is 33.0 Å². The summed E-state index contributed by atoms with van der Waals surface area (Å²) in [6, 6.07) is 21.0. The second-order valence-electron chi connectivity index (χ2n) is 9.32. The molecule has 3 rings (SSSR count). The Kier molecular flexibility index (Phi) is 10.8. The van der Waals surface area contributed by atoms with E-state index in [2.05, 4.69) is 5.32 Å². The topological polar surface area (TPSA) is 86.8 Å². The molecular formula is C29H33Cl2N3O4S. The summed E-state index contributed by atoms with van der Waals surface area (Å²) in [4.78, 5) is 28.3. The van der Waals surface area contributed by atoms with Gasteiger partial charge in [-0.25, -0.2) is 8.42 Å². The lowest BCUT2D eigenvalue weighted by Gasteiger charge is -2.32. The highest BCUT2D eigenvalue weighted by atomic mass is 35.5. The second kappa shape index (κ2) is 13.8. The largest absolute Gasteiger partial charge is 0.357 e. The molecule has 0 saturated heterocycles. The molecule has 7 nitrogen and oxygen atoms in total. The Morgan fingerprint density at radius 2 is 1.59 bits per heavy atom. The zero-order valence-electron chi connectivity index (χ0n) is 22.2. The summed E-state index contributed by atoms with van der Waals surface area (Å²) in [7, 11) is -2.04. The van der Waals surface area contributed by atoms with Crippen LogP contribution in [0.25, 0.3) is 0 Å². The van der Waals surface area contributed by atoms with Gasteiger partial charge in [-0.1, -0.05) is 77.8 Å². The van der Waals surface area contributed by atoms with E-state index in [1.165, 1.54) is 16.3 Å². The SMILES string of the molecule is CNC(=O)[C@H](Cc1ccccc1)N(Cc1ccc(Cl)c(Cl)c1)C(=O)CCCN(c1ccccc1C)S(C)(=O)=O. The fraction of sp³-hybridized carbons (Fsp3) is 0.310. The number of likely N-dealkylation sites (N-methyl/N-ethyl adjacent to an activating group) is 1. The van der Waals surface area contributed by atoms with Crippen LogP contribution in [0.5, 0.6) is 0 Å². The molecule has 0 spiro atoms. The monoisotopic (exact) mass is 589 g/mol. The number of sulfonamides is 1. The molecule has 0 aliphatic heterocycles. The number of anilines is 1. The summed E-state index contributed by atoms with van der Waals surface area (Å²) < 4.78 is 26.5. The molecule has 39 heavy (non-hydrogen) atoms. The van der Waals surface area contributed by atoms with Crippen molar-refractivity contribution in [3.05, 3.63) is 99.5 Å². The smallest absolute Gasteiger partial charge is 0.242 e. The maximum absolute atomic E-state index is 13.7. The maximum atomic E-state index is 13.7. The molecule has 1 N–H and O–H groups in total. The van der Waals surface area contributed by atoms with Crippen LogP contribution in [-0.2, 0) is 32.6 Å². The minimum atomic E-state index is -3.57. The van der Waals surface area contributed by atoms with Crippen molar-refractivity contribution in [2.24, 2.45) is 0 Å². The first-order chi connectivity index (χ1) is 18.5. The van der Waals surface area contributed by atoms with E-state index in [0.29, 0.717) is 22.2 Å². The van der Waals surface area contributed by atoms with Crippen molar-refractivity contribution >= 4 is 50.7 Å². The molecule has 0 fully saturated rings. The van der Waals surface area contributed by atoms with Gasteiger partial charge in [0.05, 0.1) is 22.0 Å². The number of amides is 2. The van der Waals surface area contributed by atoms with Gasteiger partial charge in [0.2, 0.25) is 21.8 Å². The third-order valence-electron chi connectivity index (χ3n) is 6.39. The van der Waals surface area contributed by atoms with Crippen LogP contribution in [0.1, 0.15) is 29.5 Å². The summed E-state index contributed by atoms with van der Waals surface area (Å²) in [6.45, 7) is 2.10. The Bertz CT molecular complexity index is 1400. The Morgan fingerprint density at radius 1 is 0.923 bits per heavy atom. The quantitative estimate of drug-likeness (QED) is 0.313. The number of rotatable bonds is 12. The van der Waals surface area contributed by atoms with Crippen LogP contribution in [0.3, 0.4) is 0 Å². The molecule has 0 aliphatic carbocycles. The lowest BCUT2D eigenvalue weighted by atomic mass is 10.0. The molecule has 0 saturated carbocycles. The Hall–Kier alpha value is -3.07. The van der Waals surface area contributed by atoms with Gasteiger partial charge in [-0.15, -0.1) is 0 Å². The average Bonchev–Trinajstić information content (AvgIpc) is 2.90. The van der Waals surface area contributed by atoms with Gasteiger partial charge in [0.1, 0.15) is 6.04 Å². The van der Waals surface area contributed by atoms with Crippen molar-refractivity contribution in [3.63, 3.8) is 0 Å². The summed E-state index contributed by atoms with van der Waals surface area (Å²) in [6.07, 6.45) is 1.77. The molecule has 3 aromatic carbocycles. The molecule has 0 unspecified atom stereocenters. The molecule has 3 aromatic rings. The fourth-order valence-corrected chi connectivity index (χ4v) is 5.72. The average molecular weight is 591 g/mol. The van der Waals surface area contributed by atoms with Crippen LogP contribution in [0, 0.1) is 6.92 Å². The van der Waals surface area contributed by atoms with Crippen molar-refractivity contribution in [2.75, 3.05) is 24.2 Å². The molecule has 0 bridgehead atoms. The number of benzene rings is 3. The number of carbonyl (C=O) groups is 2. The number of halogens is 2. The van der Waals surface area contributed by atoms with Crippen LogP contribution in [0.4, 0.5) is 5.69 Å². The molecule has 0 radical (unpaired) electrons. The molecule has 208 valence electrons. The van der Waals surface area contributed by atoms with Crippen LogP contribution >= 0.6 is 23.2 Å². The van der Waals surface area contributed by atoms with Gasteiger partial charge in [-0.05, 0) is 48.2 Å². The van der Waals surface area contributed by atoms with Crippen LogP contribution in [0.15, 0.2) is 72.8 Å². The van der Waals surface area contributed by atoms with Crippen molar-refractivity contribution in [2.45, 2.75) is 38.8 Å². The van der Waals surface area contributed by atoms with Gasteiger partial charge < -0.3 is 10.2 Å². The maximum Gasteiger partial charge on any atom is 0.242 e. The first kappa shape index (κ1) is 30.5. The number of para-hydroxylation sites is 1. The van der Waals surface area contributed by atoms with Gasteiger partial charge in [-0.2, -0.15) is 0 Å². The predicted molar refractivity (Wildman–Crippen MR) is 158 cm³/mol. The van der Waals surface area contributed by atoms with Gasteiger partial charge in [-0.3, -0.25) is 13.9 Å². The Morgan fingerprint density at radius 3 is 2.21 bits per heavy atom. The zero-order chi connectivity index (χ0) is 28.6. The molecular weight excluding hydrogens is 557 g/mol. The second-order valence-corrected chi connectivity index (χ2v) is 12.0. The van der Waals surface area contributed by atoms with E-state index in [9.17, 15) is 18.0 Å². The summed E-state index contributed by atoms with van der Waals surface area (Å²) in [5, 5.41) is 3.42. The molecule has 0 heterocycles. The summed E-state index contributed by atoms with van der Waals surface area (Å²) in [5.74, 6) is -0.575. The minimum absolute atomic E-state index is 0.0432. The fourth-order valence-electron chi connectivity index (χ4n) is 4.38. The van der Waals surface area contributed by atoms with Crippen molar-refractivity contribution in [3.8, 4) is 0 Å². The first-order valence-electron chi connectivity index (χ1n) is 12.5. The highest BCUT2D eigenvalue weighted by molar-refractivity contribution is 7.92. The molecule has 1 atom stereocenters. The number of aryl methyl sites for hydroxylation is 1. The van der Waals surface area contributed by atoms with Crippen molar-refractivity contribution in [1.29, 1.82) is 0 Å². The first-order valence-corrected chi connectivity index (χ1v) is 15.1. The van der Waals surface area contributed by atoms with E-state index < -0.39 is 16.1 Å². The van der Waals surface area contributed by atoms with E-state index in [4.69, 9.17) is 23.2 Å². The summed E-state index contributed by atoms with van der Waals surface area (Å²) in [5.41, 5.74) is 3.02. The highest BCUT2D eigenvalue weighted by Crippen LogP contribution is 2.26. The third-order valence-corrected chi connectivity index (χ3v) is 8.31. The third kappa shape index (κ3) is 8.46. The lowest BCUT2D eigenvalue weighted by Crippen LogP contribution is -2.49. The van der Waals surface area contributed by atoms with Crippen LogP contribution < -0.4 is 9.62 Å². The summed E-state index contributed by atoms with van der Waals surface area (Å²) >= 11 is 12.3. The van der Waals surface area contributed by atoms with E-state index in [-0.39, 0.29) is 37.7 Å². The van der Waals surface area contributed by atoms with Crippen LogP contribution in [0.2, 0.25) is 10.0 Å². The predicted octanol–water partition coefficient (Wildman–Crippen LogP) is 5.23. The normalized spacial score (nSPS) is 12.0. The molecule has 10 heteroatoms. The van der Waals surface area contributed by atoms with Gasteiger partial charge in [0.25, 0.3) is 0 Å². The number of hydrogen-bond acceptors (Lipinski definition) is 4. The lowest BCUT2D eigenvalue weighted by molar-refractivity contribution is -0.141. The van der Waals surface area contributed by atoms with Crippen LogP contribution in [-0.4, -0.2) is 51.0 Å². The number of nitrogens with zero attached hydrogens (tertiary/aromatic N) is 2. The number of carbonyl (C=O) groups excluding carboxylic acids is 2. The van der Waals surface area contributed by atoms with Crippen molar-refractivity contribution < 1.29 is 18.0 Å².